The predicted octanol–water partition coefficient (Wildman–Crippen LogP) is 7.24. The van der Waals surface area contributed by atoms with E-state index in [1.54, 1.807) is 10.4 Å². The molecule has 1 amide bonds. The second kappa shape index (κ2) is 14.2. The Kier molecular flexibility index (Phi) is 10.7. The van der Waals surface area contributed by atoms with Crippen LogP contribution in [0, 0.1) is 0 Å². The first kappa shape index (κ1) is 31.5. The average Bonchev–Trinajstić information content (AvgIpc) is 3.62. The van der Waals surface area contributed by atoms with E-state index in [0.717, 1.165) is 51.3 Å². The van der Waals surface area contributed by atoms with Crippen LogP contribution in [0.5, 0.6) is 0 Å². The number of hydrogen-bond acceptors (Lipinski definition) is 6. The van der Waals surface area contributed by atoms with Crippen molar-refractivity contribution >= 4 is 54.2 Å². The van der Waals surface area contributed by atoms with Gasteiger partial charge in [0.05, 0.1) is 23.6 Å². The Hall–Kier alpha value is -1.92. The van der Waals surface area contributed by atoms with Crippen LogP contribution in [-0.2, 0) is 13.0 Å². The van der Waals surface area contributed by atoms with E-state index < -0.39 is 22.9 Å². The Morgan fingerprint density at radius 3 is 2.33 bits per heavy atom. The standard InChI is InChI=1S/C32H39Br2N3O4S/c33-27-13-23(14-28(34)19-27)20-35-21-31(38)30(15-22-7-2-1-3-8-22)36-32(39)26-16-25(24-9-4-5-10-24)17-29(18-26)37-11-6-12-42(37,40)41/h1-3,7-8,13-14,16-19,24,30-31,35,38,40-41H,4-6,9-12,15,20-21H2,(H,36,39)/t30-,31+/m0/s1. The van der Waals surface area contributed by atoms with Crippen molar-refractivity contribution < 1.29 is 19.0 Å². The molecule has 2 fully saturated rings. The normalized spacial score (nSPS) is 19.0. The third-order valence-electron chi connectivity index (χ3n) is 8.13. The summed E-state index contributed by atoms with van der Waals surface area (Å²) in [6.45, 7) is 1.41. The van der Waals surface area contributed by atoms with Crippen molar-refractivity contribution in [3.05, 3.63) is 97.9 Å². The SMILES string of the molecule is O=C(N[C@@H](Cc1ccccc1)[C@H](O)CNCc1cc(Br)cc(Br)c1)c1cc(C2CCCC2)cc(N2CCCS2(O)O)c1. The minimum Gasteiger partial charge on any atom is -0.390 e. The van der Waals surface area contributed by atoms with Crippen LogP contribution in [0.25, 0.3) is 0 Å². The van der Waals surface area contributed by atoms with Gasteiger partial charge >= 0.3 is 0 Å². The first-order chi connectivity index (χ1) is 20.2. The number of rotatable bonds is 11. The van der Waals surface area contributed by atoms with Gasteiger partial charge in [-0.05, 0) is 84.7 Å². The molecule has 2 atom stereocenters. The fraction of sp³-hybridized carbons (Fsp3) is 0.406. The van der Waals surface area contributed by atoms with Crippen LogP contribution in [0.2, 0.25) is 0 Å². The van der Waals surface area contributed by atoms with Gasteiger partial charge in [-0.1, -0.05) is 75.0 Å². The van der Waals surface area contributed by atoms with E-state index in [-0.39, 0.29) is 5.91 Å². The molecule has 1 saturated carbocycles. The molecule has 1 aliphatic heterocycles. The number of amides is 1. The number of halogens is 2. The molecule has 3 aromatic rings. The van der Waals surface area contributed by atoms with Crippen molar-refractivity contribution in [2.24, 2.45) is 0 Å². The zero-order valence-corrected chi connectivity index (χ0v) is 27.5. The maximum absolute atomic E-state index is 13.8. The fourth-order valence-electron chi connectivity index (χ4n) is 5.98. The lowest BCUT2D eigenvalue weighted by Crippen LogP contribution is -2.48. The van der Waals surface area contributed by atoms with Crippen LogP contribution < -0.4 is 14.9 Å². The smallest absolute Gasteiger partial charge is 0.251 e. The number of aliphatic hydroxyl groups excluding tert-OH is 1. The number of nitrogens with one attached hydrogen (secondary N) is 2. The molecule has 1 aliphatic carbocycles. The van der Waals surface area contributed by atoms with Gasteiger partial charge in [0.25, 0.3) is 5.91 Å². The number of carbonyl (C=O) groups excluding carboxylic acids is 1. The zero-order valence-electron chi connectivity index (χ0n) is 23.5. The highest BCUT2D eigenvalue weighted by atomic mass is 79.9. The molecular formula is C32H39Br2N3O4S. The van der Waals surface area contributed by atoms with Crippen LogP contribution in [0.4, 0.5) is 5.69 Å². The molecule has 0 unspecified atom stereocenters. The maximum Gasteiger partial charge on any atom is 0.251 e. The summed E-state index contributed by atoms with van der Waals surface area (Å²) < 4.78 is 25.0. The average molecular weight is 722 g/mol. The quantitative estimate of drug-likeness (QED) is 0.143. The van der Waals surface area contributed by atoms with E-state index in [1.807, 2.05) is 60.7 Å². The number of anilines is 1. The highest BCUT2D eigenvalue weighted by Gasteiger charge is 2.31. The van der Waals surface area contributed by atoms with Gasteiger partial charge in [-0.3, -0.25) is 18.2 Å². The van der Waals surface area contributed by atoms with E-state index in [9.17, 15) is 19.0 Å². The molecule has 1 heterocycles. The molecule has 7 nitrogen and oxygen atoms in total. The summed E-state index contributed by atoms with van der Waals surface area (Å²) in [7, 11) is -2.89. The molecule has 42 heavy (non-hydrogen) atoms. The summed E-state index contributed by atoms with van der Waals surface area (Å²) in [6.07, 6.45) is 4.78. The molecule has 226 valence electrons. The third kappa shape index (κ3) is 8.16. The van der Waals surface area contributed by atoms with E-state index in [2.05, 4.69) is 42.5 Å². The maximum atomic E-state index is 13.8. The van der Waals surface area contributed by atoms with E-state index in [0.29, 0.717) is 55.4 Å². The second-order valence-corrected chi connectivity index (χ2v) is 15.3. The molecule has 5 N–H and O–H groups in total. The minimum atomic E-state index is -2.89. The summed E-state index contributed by atoms with van der Waals surface area (Å²) in [5.74, 6) is 0.425. The van der Waals surface area contributed by atoms with Crippen molar-refractivity contribution in [1.82, 2.24) is 10.6 Å². The molecule has 0 aromatic heterocycles. The Labute approximate surface area is 266 Å². The van der Waals surface area contributed by atoms with Gasteiger partial charge in [0.15, 0.2) is 0 Å². The van der Waals surface area contributed by atoms with Crippen molar-refractivity contribution in [1.29, 1.82) is 0 Å². The lowest BCUT2D eigenvalue weighted by Gasteiger charge is -2.38. The summed E-state index contributed by atoms with van der Waals surface area (Å²) in [5.41, 5.74) is 4.32. The van der Waals surface area contributed by atoms with Crippen LogP contribution in [0.3, 0.4) is 0 Å². The van der Waals surface area contributed by atoms with Gasteiger partial charge in [0, 0.05) is 34.1 Å². The summed E-state index contributed by atoms with van der Waals surface area (Å²) in [4.78, 5) is 13.8. The van der Waals surface area contributed by atoms with E-state index in [4.69, 9.17) is 0 Å². The van der Waals surface area contributed by atoms with Crippen molar-refractivity contribution in [3.63, 3.8) is 0 Å². The predicted molar refractivity (Wildman–Crippen MR) is 178 cm³/mol. The molecule has 2 aliphatic rings. The van der Waals surface area contributed by atoms with Gasteiger partial charge in [-0.2, -0.15) is 0 Å². The topological polar surface area (TPSA) is 105 Å². The molecule has 5 rings (SSSR count). The minimum absolute atomic E-state index is 0.275. The molecule has 10 heteroatoms. The summed E-state index contributed by atoms with van der Waals surface area (Å²) >= 11 is 7.04. The monoisotopic (exact) mass is 719 g/mol. The summed E-state index contributed by atoms with van der Waals surface area (Å²) in [5, 5.41) is 17.8. The molecule has 0 radical (unpaired) electrons. The first-order valence-corrected chi connectivity index (χ1v) is 17.8. The third-order valence-corrected chi connectivity index (χ3v) is 11.0. The van der Waals surface area contributed by atoms with Gasteiger partial charge in [0.2, 0.25) is 0 Å². The van der Waals surface area contributed by atoms with Gasteiger partial charge in [-0.15, -0.1) is 10.8 Å². The van der Waals surface area contributed by atoms with E-state index >= 15 is 0 Å². The Morgan fingerprint density at radius 2 is 1.67 bits per heavy atom. The van der Waals surface area contributed by atoms with Crippen molar-refractivity contribution in [3.8, 4) is 0 Å². The number of benzene rings is 3. The van der Waals surface area contributed by atoms with Crippen LogP contribution in [0.15, 0.2) is 75.7 Å². The molecule has 0 spiro atoms. The Balaban J connectivity index is 1.35. The number of nitrogens with zero attached hydrogens (tertiary/aromatic N) is 1. The lowest BCUT2D eigenvalue weighted by molar-refractivity contribution is 0.0830. The number of carbonyl (C=O) groups is 1. The molecule has 3 aromatic carbocycles. The zero-order chi connectivity index (χ0) is 29.7. The van der Waals surface area contributed by atoms with Gasteiger partial charge in [0.1, 0.15) is 0 Å². The molecule has 1 saturated heterocycles. The molecule has 0 bridgehead atoms. The highest BCUT2D eigenvalue weighted by molar-refractivity contribution is 9.11. The number of hydrogen-bond donors (Lipinski definition) is 5. The molecular weight excluding hydrogens is 682 g/mol. The lowest BCUT2D eigenvalue weighted by atomic mass is 9.94. The van der Waals surface area contributed by atoms with Crippen LogP contribution >= 0.6 is 42.6 Å². The fourth-order valence-corrected chi connectivity index (χ4v) is 8.97. The van der Waals surface area contributed by atoms with E-state index in [1.165, 1.54) is 0 Å². The largest absolute Gasteiger partial charge is 0.390 e. The van der Waals surface area contributed by atoms with Crippen molar-refractivity contribution in [2.75, 3.05) is 23.1 Å². The second-order valence-electron chi connectivity index (χ2n) is 11.3. The van der Waals surface area contributed by atoms with Gasteiger partial charge in [-0.25, -0.2) is 0 Å². The van der Waals surface area contributed by atoms with Crippen molar-refractivity contribution in [2.45, 2.75) is 63.1 Å². The van der Waals surface area contributed by atoms with Crippen LogP contribution in [-0.4, -0.2) is 51.1 Å². The highest BCUT2D eigenvalue weighted by Crippen LogP contribution is 2.51. The number of aliphatic hydroxyl groups is 1. The Morgan fingerprint density at radius 1 is 0.952 bits per heavy atom. The first-order valence-electron chi connectivity index (χ1n) is 14.5. The summed E-state index contributed by atoms with van der Waals surface area (Å²) in [6, 6.07) is 21.1. The van der Waals surface area contributed by atoms with Gasteiger partial charge < -0.3 is 15.7 Å². The Bertz CT molecular complexity index is 1350. The van der Waals surface area contributed by atoms with Crippen LogP contribution in [0.1, 0.15) is 65.1 Å².